The van der Waals surface area contributed by atoms with Crippen LogP contribution in [0.5, 0.6) is 0 Å². The molecule has 12 heteroatoms. The number of anilines is 2. The predicted octanol–water partition coefficient (Wildman–Crippen LogP) is -4.10. The highest BCUT2D eigenvalue weighted by atomic mass is 16.4. The normalized spacial score (nSPS) is 8.06. The van der Waals surface area contributed by atoms with Crippen molar-refractivity contribution in [1.82, 2.24) is 0 Å². The SMILES string of the molecule is Cc1cc[nH+]c(N)c1.Cc1cc[nH+]c(N)c1.O.O.O.O.O=C([O-])c1ccc(C(=O)[O-])cc1. The summed E-state index contributed by atoms with van der Waals surface area (Å²) in [5.74, 6) is -1.24. The van der Waals surface area contributed by atoms with E-state index in [1.165, 1.54) is 11.1 Å². The molecule has 0 fully saturated rings. The van der Waals surface area contributed by atoms with Crippen LogP contribution in [0.1, 0.15) is 31.8 Å². The van der Waals surface area contributed by atoms with Crippen LogP contribution in [0.3, 0.4) is 0 Å². The van der Waals surface area contributed by atoms with Crippen molar-refractivity contribution in [2.45, 2.75) is 13.8 Å². The van der Waals surface area contributed by atoms with Gasteiger partial charge in [0, 0.05) is 12.1 Å². The molecule has 3 rings (SSSR count). The first-order valence-corrected chi connectivity index (χ1v) is 8.19. The van der Waals surface area contributed by atoms with E-state index in [9.17, 15) is 19.8 Å². The lowest BCUT2D eigenvalue weighted by Gasteiger charge is -2.04. The number of carbonyl (C=O) groups is 2. The fraction of sp³-hybridized carbons (Fsp3) is 0.100. The molecule has 0 unspecified atom stereocenters. The fourth-order valence-corrected chi connectivity index (χ4v) is 1.95. The third-order valence-electron chi connectivity index (χ3n) is 3.32. The second-order valence-electron chi connectivity index (χ2n) is 5.79. The zero-order valence-electron chi connectivity index (χ0n) is 17.6. The molecule has 0 aliphatic heterocycles. The van der Waals surface area contributed by atoms with Crippen molar-refractivity contribution in [2.24, 2.45) is 0 Å². The number of carbonyl (C=O) groups excluding carboxylic acids is 2. The highest BCUT2D eigenvalue weighted by Gasteiger charge is 1.94. The quantitative estimate of drug-likeness (QED) is 0.387. The lowest BCUT2D eigenvalue weighted by molar-refractivity contribution is -0.360. The highest BCUT2D eigenvalue weighted by molar-refractivity contribution is 5.89. The van der Waals surface area contributed by atoms with Crippen molar-refractivity contribution in [3.63, 3.8) is 0 Å². The summed E-state index contributed by atoms with van der Waals surface area (Å²) >= 11 is 0. The number of aromatic amines is 2. The Bertz CT molecular complexity index is 826. The maximum Gasteiger partial charge on any atom is 0.270 e. The standard InChI is InChI=1S/C8H6O4.2C6H8N2.4H2O/c9-7(10)5-1-2-6(4-3-5)8(11)12;2*1-5-2-3-8-6(7)4-5;;;;/h1-4H,(H,9,10)(H,11,12);2*2-4H,1H3,(H2,7,8);4*1H2. The molecule has 12 nitrogen and oxygen atoms in total. The lowest BCUT2D eigenvalue weighted by atomic mass is 10.1. The van der Waals surface area contributed by atoms with Crippen LogP contribution in [0.15, 0.2) is 60.9 Å². The van der Waals surface area contributed by atoms with Crippen LogP contribution in [-0.4, -0.2) is 33.8 Å². The topological polar surface area (TPSA) is 287 Å². The smallest absolute Gasteiger partial charge is 0.270 e. The maximum atomic E-state index is 10.2. The Hall–Kier alpha value is -4.10. The van der Waals surface area contributed by atoms with Gasteiger partial charge >= 0.3 is 0 Å². The molecule has 178 valence electrons. The van der Waals surface area contributed by atoms with Crippen LogP contribution in [0.4, 0.5) is 11.6 Å². The summed E-state index contributed by atoms with van der Waals surface area (Å²) in [5, 5.41) is 20.4. The Morgan fingerprint density at radius 2 is 0.938 bits per heavy atom. The van der Waals surface area contributed by atoms with Crippen molar-refractivity contribution < 1.29 is 51.7 Å². The van der Waals surface area contributed by atoms with Gasteiger partial charge in [0.1, 0.15) is 0 Å². The first-order chi connectivity index (χ1) is 13.2. The van der Waals surface area contributed by atoms with Crippen LogP contribution >= 0.6 is 0 Å². The van der Waals surface area contributed by atoms with Gasteiger partial charge in [-0.2, -0.15) is 0 Å². The number of H-pyrrole nitrogens is 2. The van der Waals surface area contributed by atoms with E-state index in [4.69, 9.17) is 11.5 Å². The predicted molar refractivity (Wildman–Crippen MR) is 114 cm³/mol. The molecule has 0 amide bonds. The van der Waals surface area contributed by atoms with E-state index in [1.807, 2.05) is 50.5 Å². The van der Waals surface area contributed by atoms with Crippen molar-refractivity contribution in [3.05, 3.63) is 83.2 Å². The third-order valence-corrected chi connectivity index (χ3v) is 3.32. The summed E-state index contributed by atoms with van der Waals surface area (Å²) < 4.78 is 0. The molecule has 3 aromatic rings. The Labute approximate surface area is 184 Å². The Morgan fingerprint density at radius 3 is 1.09 bits per heavy atom. The average Bonchev–Trinajstić information content (AvgIpc) is 2.62. The Kier molecular flexibility index (Phi) is 19.6. The van der Waals surface area contributed by atoms with E-state index < -0.39 is 11.9 Å². The molecule has 0 bridgehead atoms. The number of nitrogens with two attached hydrogens (primary N) is 2. The van der Waals surface area contributed by atoms with Crippen LogP contribution in [0, 0.1) is 13.8 Å². The first kappa shape index (κ1) is 35.3. The molecule has 32 heavy (non-hydrogen) atoms. The summed E-state index contributed by atoms with van der Waals surface area (Å²) in [6.45, 7) is 4.01. The molecule has 0 saturated heterocycles. The minimum Gasteiger partial charge on any atom is -0.545 e. The number of pyridine rings is 2. The number of rotatable bonds is 2. The number of carboxylic acids is 2. The molecule has 0 aliphatic rings. The zero-order valence-corrected chi connectivity index (χ0v) is 17.6. The zero-order chi connectivity index (χ0) is 21.1. The van der Waals surface area contributed by atoms with E-state index in [0.717, 1.165) is 24.3 Å². The lowest BCUT2D eigenvalue weighted by Crippen LogP contribution is -2.24. The molecule has 0 spiro atoms. The first-order valence-electron chi connectivity index (χ1n) is 8.19. The van der Waals surface area contributed by atoms with Crippen molar-refractivity contribution in [2.75, 3.05) is 11.5 Å². The molecule has 0 saturated carbocycles. The van der Waals surface area contributed by atoms with Gasteiger partial charge in [-0.05, 0) is 48.2 Å². The maximum absolute atomic E-state index is 10.2. The second kappa shape index (κ2) is 17.7. The summed E-state index contributed by atoms with van der Waals surface area (Å²) in [6.07, 6.45) is 3.65. The highest BCUT2D eigenvalue weighted by Crippen LogP contribution is 2.02. The van der Waals surface area contributed by atoms with E-state index in [-0.39, 0.29) is 33.0 Å². The molecule has 0 atom stereocenters. The third kappa shape index (κ3) is 14.0. The van der Waals surface area contributed by atoms with Gasteiger partial charge in [-0.3, -0.25) is 11.5 Å². The van der Waals surface area contributed by atoms with E-state index in [0.29, 0.717) is 11.6 Å². The summed E-state index contributed by atoms with van der Waals surface area (Å²) in [4.78, 5) is 26.1. The minimum atomic E-state index is -1.33. The van der Waals surface area contributed by atoms with Crippen LogP contribution in [0.25, 0.3) is 0 Å². The van der Waals surface area contributed by atoms with Crippen molar-refractivity contribution >= 4 is 23.6 Å². The van der Waals surface area contributed by atoms with Gasteiger partial charge in [0.05, 0.1) is 24.3 Å². The minimum absolute atomic E-state index is 0. The summed E-state index contributed by atoms with van der Waals surface area (Å²) in [5.41, 5.74) is 13.1. The van der Waals surface area contributed by atoms with Crippen LogP contribution < -0.4 is 31.6 Å². The second-order valence-corrected chi connectivity index (χ2v) is 5.79. The monoisotopic (exact) mass is 454 g/mol. The van der Waals surface area contributed by atoms with Gasteiger partial charge in [-0.25, -0.2) is 9.97 Å². The molecular formula is C20H30N4O8. The molecule has 2 aromatic heterocycles. The van der Waals surface area contributed by atoms with Gasteiger partial charge in [0.25, 0.3) is 11.6 Å². The fourth-order valence-electron chi connectivity index (χ4n) is 1.95. The number of aryl methyl sites for hydroxylation is 2. The van der Waals surface area contributed by atoms with Gasteiger partial charge in [0.15, 0.2) is 0 Å². The number of nitrogens with one attached hydrogen (secondary N) is 2. The molecule has 0 aliphatic carbocycles. The average molecular weight is 454 g/mol. The number of carboxylic acid groups (broad SMARTS) is 2. The van der Waals surface area contributed by atoms with Gasteiger partial charge < -0.3 is 41.7 Å². The molecular weight excluding hydrogens is 424 g/mol. The van der Waals surface area contributed by atoms with Gasteiger partial charge in [-0.1, -0.05) is 24.3 Å². The summed E-state index contributed by atoms with van der Waals surface area (Å²) in [6, 6.07) is 12.3. The summed E-state index contributed by atoms with van der Waals surface area (Å²) in [7, 11) is 0. The van der Waals surface area contributed by atoms with Crippen molar-refractivity contribution in [3.8, 4) is 0 Å². The van der Waals surface area contributed by atoms with Gasteiger partial charge in [0.2, 0.25) is 0 Å². The van der Waals surface area contributed by atoms with E-state index >= 15 is 0 Å². The van der Waals surface area contributed by atoms with Crippen molar-refractivity contribution in [1.29, 1.82) is 0 Å². The van der Waals surface area contributed by atoms with Crippen LogP contribution in [-0.2, 0) is 0 Å². The number of nitrogen functional groups attached to an aromatic ring is 2. The number of aromatic nitrogens is 2. The Morgan fingerprint density at radius 1 is 0.656 bits per heavy atom. The van der Waals surface area contributed by atoms with Gasteiger partial charge in [-0.15, -0.1) is 0 Å². The number of benzene rings is 1. The number of aromatic carboxylic acids is 2. The number of hydrogen-bond donors (Lipinski definition) is 2. The number of hydrogen-bond acceptors (Lipinski definition) is 6. The largest absolute Gasteiger partial charge is 0.545 e. The molecule has 1 aromatic carbocycles. The molecule has 2 heterocycles. The Balaban J connectivity index is -0.000000177. The molecule has 0 radical (unpaired) electrons. The van der Waals surface area contributed by atoms with E-state index in [1.54, 1.807) is 0 Å². The van der Waals surface area contributed by atoms with Crippen LogP contribution in [0.2, 0.25) is 0 Å². The molecule has 14 N–H and O–H groups in total. The van der Waals surface area contributed by atoms with E-state index in [2.05, 4.69) is 9.97 Å².